The summed E-state index contributed by atoms with van der Waals surface area (Å²) in [5.41, 5.74) is 2.79. The van der Waals surface area contributed by atoms with E-state index in [1.165, 1.54) is 0 Å². The number of alkyl halides is 1. The highest BCUT2D eigenvalue weighted by atomic mass is 79.9. The van der Waals surface area contributed by atoms with Crippen LogP contribution in [0.3, 0.4) is 0 Å². The molecule has 1 atom stereocenters. The molecule has 3 rings (SSSR count). The molecule has 1 heterocycles. The molecule has 0 saturated heterocycles. The Morgan fingerprint density at radius 1 is 1.14 bits per heavy atom. The van der Waals surface area contributed by atoms with Gasteiger partial charge in [-0.25, -0.2) is 4.98 Å². The van der Waals surface area contributed by atoms with Crippen LogP contribution in [0.15, 0.2) is 45.3 Å². The van der Waals surface area contributed by atoms with Crippen LogP contribution in [0.2, 0.25) is 5.02 Å². The van der Waals surface area contributed by atoms with Crippen molar-refractivity contribution in [1.29, 1.82) is 0 Å². The van der Waals surface area contributed by atoms with E-state index in [4.69, 9.17) is 23.2 Å². The third kappa shape index (κ3) is 2.87. The van der Waals surface area contributed by atoms with Gasteiger partial charge in [0.2, 0.25) is 0 Å². The molecule has 0 aliphatic heterocycles. The van der Waals surface area contributed by atoms with Crippen molar-refractivity contribution in [3.63, 3.8) is 0 Å². The number of benzene rings is 2. The molecule has 0 aliphatic carbocycles. The fourth-order valence-corrected chi connectivity index (χ4v) is 3.33. The van der Waals surface area contributed by atoms with Crippen LogP contribution in [0.5, 0.6) is 0 Å². The zero-order chi connectivity index (χ0) is 15.1. The number of aromatic nitrogens is 2. The number of fused-ring (bicyclic) bond motifs is 1. The Kier molecular flexibility index (Phi) is 4.33. The molecule has 108 valence electrons. The first-order chi connectivity index (χ1) is 9.97. The Bertz CT molecular complexity index is 828. The van der Waals surface area contributed by atoms with Gasteiger partial charge in [-0.1, -0.05) is 27.5 Å². The molecule has 0 bridgehead atoms. The predicted molar refractivity (Wildman–Crippen MR) is 95.7 cm³/mol. The summed E-state index contributed by atoms with van der Waals surface area (Å²) in [6, 6.07) is 11.7. The van der Waals surface area contributed by atoms with Gasteiger partial charge in [0, 0.05) is 14.0 Å². The second kappa shape index (κ2) is 5.92. The van der Waals surface area contributed by atoms with Crippen molar-refractivity contribution in [3.05, 3.63) is 56.2 Å². The van der Waals surface area contributed by atoms with E-state index in [9.17, 15) is 0 Å². The molecule has 0 N–H and O–H groups in total. The zero-order valence-electron chi connectivity index (χ0n) is 10.9. The monoisotopic (exact) mass is 446 g/mol. The summed E-state index contributed by atoms with van der Waals surface area (Å²) in [5, 5.41) is 0.441. The molecule has 2 nitrogen and oxygen atoms in total. The average Bonchev–Trinajstić information content (AvgIpc) is 2.80. The van der Waals surface area contributed by atoms with Gasteiger partial charge in [-0.3, -0.25) is 4.57 Å². The first kappa shape index (κ1) is 15.3. The number of nitrogens with zero attached hydrogens (tertiary/aromatic N) is 2. The molecular weight excluding hydrogens is 439 g/mol. The highest BCUT2D eigenvalue weighted by Crippen LogP contribution is 2.33. The lowest BCUT2D eigenvalue weighted by atomic mass is 10.2. The third-order valence-corrected chi connectivity index (χ3v) is 4.74. The minimum atomic E-state index is -0.220. The Morgan fingerprint density at radius 3 is 2.62 bits per heavy atom. The molecule has 0 amide bonds. The van der Waals surface area contributed by atoms with Gasteiger partial charge in [-0.2, -0.15) is 0 Å². The Hall–Kier alpha value is -0.550. The quantitative estimate of drug-likeness (QED) is 0.409. The number of imidazole rings is 1. The molecule has 1 unspecified atom stereocenters. The Morgan fingerprint density at radius 2 is 1.90 bits per heavy atom. The SMILES string of the molecule is CC(Cl)c1nc2cc(Cl)ccc2n1-c1cc(Br)ccc1Br. The zero-order valence-corrected chi connectivity index (χ0v) is 15.6. The van der Waals surface area contributed by atoms with Gasteiger partial charge >= 0.3 is 0 Å². The molecule has 0 saturated carbocycles. The van der Waals surface area contributed by atoms with Crippen molar-refractivity contribution in [2.45, 2.75) is 12.3 Å². The van der Waals surface area contributed by atoms with E-state index in [0.717, 1.165) is 31.5 Å². The number of rotatable bonds is 2. The van der Waals surface area contributed by atoms with Crippen molar-refractivity contribution in [3.8, 4) is 5.69 Å². The molecule has 2 aromatic carbocycles. The van der Waals surface area contributed by atoms with Crippen LogP contribution in [-0.2, 0) is 0 Å². The summed E-state index contributed by atoms with van der Waals surface area (Å²) >= 11 is 19.5. The average molecular weight is 449 g/mol. The van der Waals surface area contributed by atoms with Crippen LogP contribution in [0.1, 0.15) is 18.1 Å². The molecule has 6 heteroatoms. The summed E-state index contributed by atoms with van der Waals surface area (Å²) in [7, 11) is 0. The first-order valence-corrected chi connectivity index (χ1v) is 8.65. The summed E-state index contributed by atoms with van der Waals surface area (Å²) in [4.78, 5) is 4.63. The van der Waals surface area contributed by atoms with E-state index >= 15 is 0 Å². The van der Waals surface area contributed by atoms with Crippen molar-refractivity contribution >= 4 is 66.1 Å². The van der Waals surface area contributed by atoms with Gasteiger partial charge in [-0.05, 0) is 59.3 Å². The molecule has 1 aromatic heterocycles. The van der Waals surface area contributed by atoms with Crippen molar-refractivity contribution in [2.75, 3.05) is 0 Å². The second-order valence-corrected chi connectivity index (χ2v) is 7.51. The van der Waals surface area contributed by atoms with Crippen LogP contribution in [0.4, 0.5) is 0 Å². The number of hydrogen-bond donors (Lipinski definition) is 0. The van der Waals surface area contributed by atoms with E-state index < -0.39 is 0 Å². The van der Waals surface area contributed by atoms with Crippen LogP contribution < -0.4 is 0 Å². The molecule has 0 spiro atoms. The topological polar surface area (TPSA) is 17.8 Å². The van der Waals surface area contributed by atoms with Gasteiger partial charge in [-0.15, -0.1) is 11.6 Å². The summed E-state index contributed by atoms with van der Waals surface area (Å²) in [6.45, 7) is 1.91. The maximum atomic E-state index is 6.32. The predicted octanol–water partition coefficient (Wildman–Crippen LogP) is 6.50. The molecule has 0 radical (unpaired) electrons. The van der Waals surface area contributed by atoms with Crippen molar-refractivity contribution in [1.82, 2.24) is 9.55 Å². The molecule has 21 heavy (non-hydrogen) atoms. The van der Waals surface area contributed by atoms with Crippen molar-refractivity contribution in [2.24, 2.45) is 0 Å². The molecule has 3 aromatic rings. The van der Waals surface area contributed by atoms with Crippen LogP contribution in [0, 0.1) is 0 Å². The maximum absolute atomic E-state index is 6.32. The first-order valence-electron chi connectivity index (χ1n) is 6.25. The van der Waals surface area contributed by atoms with Crippen LogP contribution in [0.25, 0.3) is 16.7 Å². The lowest BCUT2D eigenvalue weighted by molar-refractivity contribution is 0.880. The standard InChI is InChI=1S/C15H10Br2Cl2N2/c1-8(18)15-20-12-7-10(19)3-5-13(12)21(15)14-6-9(16)2-4-11(14)17/h2-8H,1H3. The second-order valence-electron chi connectivity index (χ2n) is 4.65. The van der Waals surface area contributed by atoms with Crippen LogP contribution in [-0.4, -0.2) is 9.55 Å². The minimum absolute atomic E-state index is 0.220. The van der Waals surface area contributed by atoms with E-state index in [0.29, 0.717) is 5.02 Å². The smallest absolute Gasteiger partial charge is 0.132 e. The minimum Gasteiger partial charge on any atom is -0.294 e. The van der Waals surface area contributed by atoms with Gasteiger partial charge in [0.1, 0.15) is 5.82 Å². The van der Waals surface area contributed by atoms with E-state index in [2.05, 4.69) is 41.4 Å². The van der Waals surface area contributed by atoms with Crippen LogP contribution >= 0.6 is 55.1 Å². The fraction of sp³-hybridized carbons (Fsp3) is 0.133. The van der Waals surface area contributed by atoms with E-state index in [1.54, 1.807) is 0 Å². The normalized spacial score (nSPS) is 12.8. The van der Waals surface area contributed by atoms with E-state index in [-0.39, 0.29) is 5.38 Å². The molecule has 0 fully saturated rings. The van der Waals surface area contributed by atoms with E-state index in [1.807, 2.05) is 43.3 Å². The third-order valence-electron chi connectivity index (χ3n) is 3.15. The van der Waals surface area contributed by atoms with Crippen molar-refractivity contribution < 1.29 is 0 Å². The Labute approximate surface area is 149 Å². The largest absolute Gasteiger partial charge is 0.294 e. The summed E-state index contributed by atoms with van der Waals surface area (Å²) < 4.78 is 4.02. The molecular formula is C15H10Br2Cl2N2. The van der Waals surface area contributed by atoms with Gasteiger partial charge in [0.05, 0.1) is 22.1 Å². The summed E-state index contributed by atoms with van der Waals surface area (Å²) in [5.74, 6) is 0.785. The number of halogens is 4. The maximum Gasteiger partial charge on any atom is 0.132 e. The Balaban J connectivity index is 2.39. The summed E-state index contributed by atoms with van der Waals surface area (Å²) in [6.07, 6.45) is 0. The van der Waals surface area contributed by atoms with Gasteiger partial charge in [0.25, 0.3) is 0 Å². The van der Waals surface area contributed by atoms with Gasteiger partial charge < -0.3 is 0 Å². The lowest BCUT2D eigenvalue weighted by Crippen LogP contribution is -2.02. The number of hydrogen-bond acceptors (Lipinski definition) is 1. The molecule has 0 aliphatic rings. The van der Waals surface area contributed by atoms with Gasteiger partial charge in [0.15, 0.2) is 0 Å². The fourth-order valence-electron chi connectivity index (χ4n) is 2.25. The highest BCUT2D eigenvalue weighted by Gasteiger charge is 2.18. The lowest BCUT2D eigenvalue weighted by Gasteiger charge is -2.13. The highest BCUT2D eigenvalue weighted by molar-refractivity contribution is 9.11.